The number of likely N-dealkylation sites (tertiary alicyclic amines) is 2. The van der Waals surface area contributed by atoms with E-state index in [9.17, 15) is 19.2 Å². The number of piperidine rings is 1. The van der Waals surface area contributed by atoms with Crippen molar-refractivity contribution in [1.82, 2.24) is 38.5 Å². The summed E-state index contributed by atoms with van der Waals surface area (Å²) in [7, 11) is 10.6. The highest BCUT2D eigenvalue weighted by Crippen LogP contribution is 2.20. The summed E-state index contributed by atoms with van der Waals surface area (Å²) in [5.41, 5.74) is 28.4. The Labute approximate surface area is 578 Å². The Morgan fingerprint density at radius 2 is 0.723 bits per heavy atom. The highest BCUT2D eigenvalue weighted by molar-refractivity contribution is 5.94. The number of hydrogen-bond acceptors (Lipinski definition) is 23. The van der Waals surface area contributed by atoms with Crippen molar-refractivity contribution in [3.8, 4) is 0 Å². The molecular weight excluding hydrogens is 1210 g/mol. The number of nitrogens with two attached hydrogens (primary N) is 6. The molecular formula is C67H161N13O14. The molecule has 578 valence electrons. The summed E-state index contributed by atoms with van der Waals surface area (Å²) >= 11 is 0. The van der Waals surface area contributed by atoms with Gasteiger partial charge in [-0.3, -0.25) is 19.2 Å². The molecule has 0 spiro atoms. The molecule has 94 heavy (non-hydrogen) atoms. The average Bonchev–Trinajstić information content (AvgIpc) is 2.78. The second-order valence-electron chi connectivity index (χ2n) is 17.8. The third kappa shape index (κ3) is 162. The van der Waals surface area contributed by atoms with Gasteiger partial charge >= 0.3 is 0 Å². The van der Waals surface area contributed by atoms with E-state index in [1.54, 1.807) is 39.6 Å². The number of aliphatic hydroxyl groups is 1. The monoisotopic (exact) mass is 1370 g/mol. The third-order valence-electron chi connectivity index (χ3n) is 10.2. The molecule has 3 rings (SSSR count). The Balaban J connectivity index is -0.0000000304. The van der Waals surface area contributed by atoms with Gasteiger partial charge in [0.05, 0.1) is 0 Å². The highest BCUT2D eigenvalue weighted by Gasteiger charge is 2.38. The fourth-order valence-electron chi connectivity index (χ4n) is 4.45. The second-order valence-corrected chi connectivity index (χ2v) is 17.8. The molecule has 2 saturated heterocycles. The maximum Gasteiger partial charge on any atom is 0.245 e. The van der Waals surface area contributed by atoms with Crippen molar-refractivity contribution in [2.75, 3.05) is 69.0 Å². The van der Waals surface area contributed by atoms with Crippen molar-refractivity contribution in [2.24, 2.45) is 58.1 Å². The maximum atomic E-state index is 12.7. The van der Waals surface area contributed by atoms with E-state index in [4.69, 9.17) is 48.3 Å². The lowest BCUT2D eigenvalue weighted by molar-refractivity contribution is -0.146. The van der Waals surface area contributed by atoms with Crippen molar-refractivity contribution in [3.63, 3.8) is 0 Å². The van der Waals surface area contributed by atoms with Crippen molar-refractivity contribution >= 4 is 84.7 Å². The van der Waals surface area contributed by atoms with Gasteiger partial charge in [0.25, 0.3) is 0 Å². The molecule has 27 nitrogen and oxygen atoms in total. The number of aryl methyl sites for hydroxylation is 1. The van der Waals surface area contributed by atoms with Gasteiger partial charge in [0.15, 0.2) is 0 Å². The van der Waals surface area contributed by atoms with E-state index in [1.165, 1.54) is 90.3 Å². The lowest BCUT2D eigenvalue weighted by atomic mass is 10.1. The Morgan fingerprint density at radius 1 is 0.479 bits per heavy atom. The fourth-order valence-corrected chi connectivity index (χ4v) is 4.45. The second kappa shape index (κ2) is 173. The van der Waals surface area contributed by atoms with Crippen LogP contribution in [0.5, 0.6) is 0 Å². The van der Waals surface area contributed by atoms with Crippen LogP contribution in [0.3, 0.4) is 0 Å². The van der Waals surface area contributed by atoms with Crippen LogP contribution in [-0.2, 0) is 68.7 Å². The van der Waals surface area contributed by atoms with E-state index in [2.05, 4.69) is 154 Å². The molecule has 4 amide bonds. The van der Waals surface area contributed by atoms with Crippen LogP contribution in [0.25, 0.3) is 0 Å². The molecule has 2 aliphatic rings. The molecule has 23 N–H and O–H groups in total. The van der Waals surface area contributed by atoms with E-state index in [0.29, 0.717) is 13.0 Å². The Morgan fingerprint density at radius 3 is 0.926 bits per heavy atom. The molecule has 27 heteroatoms. The van der Waals surface area contributed by atoms with Crippen LogP contribution >= 0.6 is 0 Å². The van der Waals surface area contributed by atoms with E-state index in [1.807, 2.05) is 81.0 Å². The number of amides is 4. The molecule has 0 aromatic heterocycles. The lowest BCUT2D eigenvalue weighted by Crippen LogP contribution is -2.55. The summed E-state index contributed by atoms with van der Waals surface area (Å²) in [5.74, 6) is 2.74. The van der Waals surface area contributed by atoms with Gasteiger partial charge in [-0.15, -0.1) is 0 Å². The summed E-state index contributed by atoms with van der Waals surface area (Å²) in [4.78, 5) is 126. The van der Waals surface area contributed by atoms with E-state index >= 15 is 0 Å². The van der Waals surface area contributed by atoms with Crippen molar-refractivity contribution in [3.05, 3.63) is 35.9 Å². The Bertz CT molecular complexity index is 1290. The SMILES string of the molecule is C=O.C=O.C=O.C=O.C=O.C=O.C=O.C=O.C=O.CC.CC(=O)N(C)[C@@H](C)C(=O)N1CCC[C@H]1C(=O)N[C@@H](C)C(=O)N1CCCCC1.CC(C)O.CCC(C)C.CCC(C)C.CCC(C)C.CCC(C)C.CCc1ccccc1.CN.CN.CN.CN.CN.CN.N.N.N. The summed E-state index contributed by atoms with van der Waals surface area (Å²) < 4.78 is 0. The van der Waals surface area contributed by atoms with Crippen molar-refractivity contribution < 1.29 is 67.4 Å². The smallest absolute Gasteiger partial charge is 0.245 e. The van der Waals surface area contributed by atoms with E-state index in [0.717, 1.165) is 68.9 Å². The molecule has 0 radical (unpaired) electrons. The maximum absolute atomic E-state index is 12.7. The third-order valence-corrected chi connectivity index (χ3v) is 10.2. The first-order chi connectivity index (χ1) is 43.5. The van der Waals surface area contributed by atoms with Crippen LogP contribution in [0, 0.1) is 23.7 Å². The largest absolute Gasteiger partial charge is 0.394 e. The molecule has 2 aliphatic heterocycles. The lowest BCUT2D eigenvalue weighted by Gasteiger charge is -2.32. The zero-order valence-electron chi connectivity index (χ0n) is 65.7. The summed E-state index contributed by atoms with van der Waals surface area (Å²) in [6, 6.07) is 8.64. The van der Waals surface area contributed by atoms with E-state index in [-0.39, 0.29) is 48.2 Å². The first-order valence-corrected chi connectivity index (χ1v) is 30.4. The molecule has 0 unspecified atom stereocenters. The van der Waals surface area contributed by atoms with Gasteiger partial charge in [0, 0.05) is 39.7 Å². The minimum atomic E-state index is -0.622. The van der Waals surface area contributed by atoms with Crippen LogP contribution in [0.4, 0.5) is 0 Å². The number of carbonyl (C=O) groups excluding carboxylic acids is 13. The number of hydrogen-bond donors (Lipinski definition) is 11. The molecule has 0 bridgehead atoms. The van der Waals surface area contributed by atoms with Gasteiger partial charge in [0.2, 0.25) is 23.6 Å². The number of aliphatic hydroxyl groups excluding tert-OH is 1. The molecule has 3 atom stereocenters. The van der Waals surface area contributed by atoms with Gasteiger partial charge in [-0.25, -0.2) is 0 Å². The van der Waals surface area contributed by atoms with Crippen LogP contribution in [0.2, 0.25) is 0 Å². The number of carbonyl (C=O) groups is 13. The normalized spacial score (nSPS) is 10.4. The molecule has 0 saturated carbocycles. The quantitative estimate of drug-likeness (QED) is 0.104. The first kappa shape index (κ1) is 157. The summed E-state index contributed by atoms with van der Waals surface area (Å²) in [6.45, 7) is 60.9. The van der Waals surface area contributed by atoms with Crippen LogP contribution in [0.1, 0.15) is 202 Å². The van der Waals surface area contributed by atoms with Crippen molar-refractivity contribution in [2.45, 2.75) is 227 Å². The minimum absolute atomic E-state index is 0. The van der Waals surface area contributed by atoms with Gasteiger partial charge in [-0.2, -0.15) is 0 Å². The predicted molar refractivity (Wildman–Crippen MR) is 406 cm³/mol. The first-order valence-electron chi connectivity index (χ1n) is 30.4. The zero-order chi connectivity index (χ0) is 78.7. The number of rotatable bonds is 10. The van der Waals surface area contributed by atoms with Gasteiger partial charge in [-0.05, 0) is 138 Å². The average molecular weight is 1370 g/mol. The number of nitrogens with zero attached hydrogens (tertiary/aromatic N) is 3. The summed E-state index contributed by atoms with van der Waals surface area (Å²) in [5, 5.41) is 10.8. The zero-order valence-corrected chi connectivity index (χ0v) is 65.7. The van der Waals surface area contributed by atoms with Gasteiger partial charge in [-0.1, -0.05) is 160 Å². The predicted octanol–water partition coefficient (Wildman–Crippen LogP) is 8.50. The minimum Gasteiger partial charge on any atom is -0.394 e. The number of benzene rings is 1. The molecule has 1 aromatic rings. The topological polar surface area (TPSA) is 525 Å². The molecule has 0 aliphatic carbocycles. The summed E-state index contributed by atoms with van der Waals surface area (Å²) in [6.07, 6.45) is 10.6. The van der Waals surface area contributed by atoms with Crippen LogP contribution in [-0.4, -0.2) is 198 Å². The van der Waals surface area contributed by atoms with Crippen molar-refractivity contribution in [1.29, 1.82) is 0 Å². The van der Waals surface area contributed by atoms with Crippen LogP contribution in [0.15, 0.2) is 30.3 Å². The highest BCUT2D eigenvalue weighted by atomic mass is 16.3. The Kier molecular flexibility index (Phi) is 290. The number of likely N-dealkylation sites (N-methyl/N-ethyl adjacent to an activating group) is 1. The van der Waals surface area contributed by atoms with Gasteiger partial charge < -0.3 is 121 Å². The Hall–Kier alpha value is -6.27. The van der Waals surface area contributed by atoms with Gasteiger partial charge in [0.1, 0.15) is 79.2 Å². The molecule has 1 aromatic carbocycles. The van der Waals surface area contributed by atoms with E-state index < -0.39 is 18.1 Å². The fraction of sp³-hybridized carbons (Fsp3) is 0.716. The molecule has 2 fully saturated rings. The number of nitrogens with one attached hydrogen (secondary N) is 1. The standard InChI is InChI=1S/C19H32N4O4.C8H10.4C5H12.C3H8O.C2H6.6CH5N.9CH2O.3H3N/c1-13(18(26)22-10-6-5-7-11-22)20-17(25)16-9-8-12-23(16)19(27)14(2)21(4)15(3)24;1-2-8-6-4-3-5-7-8;4*1-4-5(2)3;1-3(2)4;16*1-2;;;/h13-14,16H,5-12H2,1-4H3,(H,20,25);3-7H,2H2,1H3;4*5H,4H2,1-3H3;3-4H,1-2H3;1-2H3;6*2H2,1H3;9*1H2;3*1H3/t13-,14-,16-;;;;;;;;;;;;;;;;;;;;;;;;;/m0........................./s1. The molecule has 2 heterocycles. The van der Waals surface area contributed by atoms with Crippen LogP contribution < -0.4 is 58.2 Å².